The zero-order valence-corrected chi connectivity index (χ0v) is 32.0. The number of nitrogens with one attached hydrogen (secondary N) is 2. The van der Waals surface area contributed by atoms with Gasteiger partial charge in [0, 0.05) is 89.6 Å². The highest BCUT2D eigenvalue weighted by molar-refractivity contribution is 7.18. The van der Waals surface area contributed by atoms with Gasteiger partial charge in [-0.3, -0.25) is 24.8 Å². The second kappa shape index (κ2) is 15.9. The minimum absolute atomic E-state index is 0.198. The molecule has 0 radical (unpaired) electrons. The van der Waals surface area contributed by atoms with E-state index in [0.29, 0.717) is 24.3 Å². The second-order valence-electron chi connectivity index (χ2n) is 15.1. The van der Waals surface area contributed by atoms with Crippen LogP contribution in [-0.4, -0.2) is 112 Å². The maximum Gasteiger partial charge on any atom is 0.234 e. The highest BCUT2D eigenvalue weighted by atomic mass is 32.1. The van der Waals surface area contributed by atoms with Gasteiger partial charge in [0.05, 0.1) is 40.1 Å². The molecule has 4 aliphatic heterocycles. The Morgan fingerprint density at radius 3 is 2.50 bits per heavy atom. The molecule has 16 heteroatoms. The largest absolute Gasteiger partial charge is 0.381 e. The summed E-state index contributed by atoms with van der Waals surface area (Å²) in [5, 5.41) is 31.2. The van der Waals surface area contributed by atoms with E-state index in [0.717, 1.165) is 134 Å². The molecular weight excluding hydrogens is 729 g/mol. The molecule has 5 aromatic heterocycles. The van der Waals surface area contributed by atoms with Crippen LogP contribution in [0.25, 0.3) is 27.5 Å². The molecule has 4 saturated heterocycles. The van der Waals surface area contributed by atoms with Crippen LogP contribution in [0.1, 0.15) is 55.6 Å². The monoisotopic (exact) mass is 772 g/mol. The van der Waals surface area contributed by atoms with Gasteiger partial charge in [-0.05, 0) is 73.9 Å². The summed E-state index contributed by atoms with van der Waals surface area (Å²) in [5.41, 5.74) is 5.75. The van der Waals surface area contributed by atoms with Gasteiger partial charge in [-0.15, -0.1) is 10.2 Å². The topological polar surface area (TPSA) is 170 Å². The van der Waals surface area contributed by atoms with E-state index in [1.807, 2.05) is 41.0 Å². The van der Waals surface area contributed by atoms with Crippen LogP contribution in [0.3, 0.4) is 0 Å². The Balaban J connectivity index is 0.810. The highest BCUT2D eigenvalue weighted by Gasteiger charge is 2.30. The number of hydrogen-bond acceptors (Lipinski definition) is 14. The standard InChI is InChI=1S/C40H44N12O3S/c41-21-27-19-30-2-4-35(52(30)44-22-27)34-20-33(45-29-9-17-55-18-10-29)32(24-42-34)39-47-48-40(56-39)51-15-13-49(14-16-51)25-26-7-11-50(12-8-26)36-5-1-28(23-43-36)31-3-6-37(53)46-38(31)54/h1-2,4-5,19-20,22-24,26,29,31H,3,6-18,25H2,(H,42,45)(H,46,53,54)/t31-/m1/s1. The smallest absolute Gasteiger partial charge is 0.234 e. The molecule has 9 heterocycles. The van der Waals surface area contributed by atoms with Crippen molar-refractivity contribution in [3.63, 3.8) is 0 Å². The van der Waals surface area contributed by atoms with Crippen LogP contribution >= 0.6 is 11.3 Å². The van der Waals surface area contributed by atoms with Crippen molar-refractivity contribution in [2.75, 3.05) is 74.1 Å². The summed E-state index contributed by atoms with van der Waals surface area (Å²) < 4.78 is 7.45. The quantitative estimate of drug-likeness (QED) is 0.203. The number of nitriles is 1. The normalized spacial score (nSPS) is 20.3. The second-order valence-corrected chi connectivity index (χ2v) is 16.1. The number of nitrogens with zero attached hydrogens (tertiary/aromatic N) is 10. The van der Waals surface area contributed by atoms with Crippen LogP contribution in [-0.2, 0) is 14.3 Å². The van der Waals surface area contributed by atoms with Gasteiger partial charge in [-0.1, -0.05) is 17.4 Å². The Labute approximate surface area is 328 Å². The Bertz CT molecular complexity index is 2250. The molecule has 56 heavy (non-hydrogen) atoms. The summed E-state index contributed by atoms with van der Waals surface area (Å²) in [7, 11) is 0. The molecular formula is C40H44N12O3S. The fourth-order valence-electron chi connectivity index (χ4n) is 8.29. The number of amides is 2. The molecule has 0 unspecified atom stereocenters. The number of hydrogen-bond donors (Lipinski definition) is 2. The van der Waals surface area contributed by atoms with E-state index >= 15 is 0 Å². The van der Waals surface area contributed by atoms with Crippen LogP contribution in [0.5, 0.6) is 0 Å². The van der Waals surface area contributed by atoms with Crippen molar-refractivity contribution < 1.29 is 14.3 Å². The number of piperazine rings is 1. The Hall–Kier alpha value is -5.50. The van der Waals surface area contributed by atoms with Gasteiger partial charge in [0.2, 0.25) is 16.9 Å². The molecule has 4 fully saturated rings. The first-order chi connectivity index (χ1) is 27.5. The first-order valence-electron chi connectivity index (χ1n) is 19.6. The Morgan fingerprint density at radius 2 is 1.73 bits per heavy atom. The van der Waals surface area contributed by atoms with E-state index < -0.39 is 0 Å². The highest BCUT2D eigenvalue weighted by Crippen LogP contribution is 2.37. The summed E-state index contributed by atoms with van der Waals surface area (Å²) in [5.74, 6) is 0.860. The van der Waals surface area contributed by atoms with E-state index in [1.165, 1.54) is 0 Å². The van der Waals surface area contributed by atoms with Crippen molar-refractivity contribution in [1.82, 2.24) is 40.0 Å². The Morgan fingerprint density at radius 1 is 0.893 bits per heavy atom. The van der Waals surface area contributed by atoms with Crippen LogP contribution < -0.4 is 20.4 Å². The molecule has 0 spiro atoms. The van der Waals surface area contributed by atoms with Crippen molar-refractivity contribution in [1.29, 1.82) is 5.26 Å². The van der Waals surface area contributed by atoms with Crippen LogP contribution in [0, 0.1) is 17.2 Å². The zero-order valence-electron chi connectivity index (χ0n) is 31.1. The molecule has 4 aliphatic rings. The summed E-state index contributed by atoms with van der Waals surface area (Å²) in [4.78, 5) is 40.7. The first-order valence-corrected chi connectivity index (χ1v) is 20.4. The summed E-state index contributed by atoms with van der Waals surface area (Å²) in [6, 6.07) is 14.3. The van der Waals surface area contributed by atoms with Gasteiger partial charge >= 0.3 is 0 Å². The molecule has 0 bridgehead atoms. The first kappa shape index (κ1) is 36.2. The minimum atomic E-state index is -0.306. The summed E-state index contributed by atoms with van der Waals surface area (Å²) in [6.45, 7) is 8.27. The lowest BCUT2D eigenvalue weighted by molar-refractivity contribution is -0.134. The average molecular weight is 773 g/mol. The van der Waals surface area contributed by atoms with Gasteiger partial charge in [0.15, 0.2) is 5.01 Å². The van der Waals surface area contributed by atoms with Crippen molar-refractivity contribution in [2.45, 2.75) is 50.5 Å². The molecule has 2 amide bonds. The van der Waals surface area contributed by atoms with Gasteiger partial charge in [0.25, 0.3) is 0 Å². The SMILES string of the molecule is N#Cc1cnn2c(-c3cc(NC4CCOCC4)c(-c4nnc(N5CCN(CC6CCN(c7ccc([C@H]8CCC(=O)NC8=O)cn7)CC6)CC5)s4)cn3)ccc2c1. The van der Waals surface area contributed by atoms with E-state index in [2.05, 4.69) is 52.8 Å². The molecule has 1 atom stereocenters. The lowest BCUT2D eigenvalue weighted by Crippen LogP contribution is -2.49. The molecule has 2 N–H and O–H groups in total. The summed E-state index contributed by atoms with van der Waals surface area (Å²) in [6.07, 6.45) is 10.3. The molecule has 0 saturated carbocycles. The van der Waals surface area contributed by atoms with Crippen molar-refractivity contribution in [3.05, 3.63) is 66.1 Å². The summed E-state index contributed by atoms with van der Waals surface area (Å²) >= 11 is 1.61. The molecule has 0 aromatic carbocycles. The average Bonchev–Trinajstić information content (AvgIpc) is 3.90. The van der Waals surface area contributed by atoms with Crippen LogP contribution in [0.15, 0.2) is 55.0 Å². The number of fused-ring (bicyclic) bond motifs is 1. The third-order valence-electron chi connectivity index (χ3n) is 11.5. The number of carbonyl (C=O) groups is 2. The zero-order chi connectivity index (χ0) is 38.0. The number of ether oxygens (including phenoxy) is 1. The number of pyridine rings is 2. The number of carbonyl (C=O) groups excluding carboxylic acids is 2. The Kier molecular flexibility index (Phi) is 10.3. The number of anilines is 3. The fraction of sp³-hybridized carbons (Fsp3) is 0.450. The van der Waals surface area contributed by atoms with Crippen molar-refractivity contribution >= 4 is 45.3 Å². The van der Waals surface area contributed by atoms with Gasteiger partial charge in [-0.2, -0.15) is 10.4 Å². The third-order valence-corrected chi connectivity index (χ3v) is 12.5. The fourth-order valence-corrected chi connectivity index (χ4v) is 9.21. The lowest BCUT2D eigenvalue weighted by atomic mass is 9.91. The molecule has 288 valence electrons. The van der Waals surface area contributed by atoms with E-state index in [1.54, 1.807) is 23.7 Å². The van der Waals surface area contributed by atoms with Gasteiger partial charge < -0.3 is 19.9 Å². The predicted molar refractivity (Wildman–Crippen MR) is 212 cm³/mol. The molecule has 15 nitrogen and oxygen atoms in total. The third kappa shape index (κ3) is 7.66. The van der Waals surface area contributed by atoms with E-state index in [9.17, 15) is 14.9 Å². The number of rotatable bonds is 9. The molecule has 9 rings (SSSR count). The molecule has 0 aliphatic carbocycles. The van der Waals surface area contributed by atoms with E-state index in [-0.39, 0.29) is 23.8 Å². The predicted octanol–water partition coefficient (Wildman–Crippen LogP) is 4.33. The van der Waals surface area contributed by atoms with Crippen molar-refractivity contribution in [3.8, 4) is 28.0 Å². The van der Waals surface area contributed by atoms with Crippen molar-refractivity contribution in [2.24, 2.45) is 5.92 Å². The maximum atomic E-state index is 12.3. The maximum absolute atomic E-state index is 12.3. The minimum Gasteiger partial charge on any atom is -0.381 e. The van der Waals surface area contributed by atoms with Crippen LogP contribution in [0.2, 0.25) is 0 Å². The number of aromatic nitrogens is 6. The van der Waals surface area contributed by atoms with Gasteiger partial charge in [-0.25, -0.2) is 9.50 Å². The molecule has 5 aromatic rings. The van der Waals surface area contributed by atoms with Crippen LogP contribution in [0.4, 0.5) is 16.6 Å². The van der Waals surface area contributed by atoms with Gasteiger partial charge in [0.1, 0.15) is 11.9 Å². The number of piperidine rings is 2. The van der Waals surface area contributed by atoms with E-state index in [4.69, 9.17) is 14.7 Å². The number of imide groups is 1. The lowest BCUT2D eigenvalue weighted by Gasteiger charge is -2.39.